The van der Waals surface area contributed by atoms with Gasteiger partial charge in [0, 0.05) is 20.6 Å². The van der Waals surface area contributed by atoms with Crippen LogP contribution in [-0.2, 0) is 33.5 Å². The minimum absolute atomic E-state index is 0.310. The van der Waals surface area contributed by atoms with Gasteiger partial charge in [-0.25, -0.2) is 4.79 Å². The Morgan fingerprint density at radius 2 is 1.26 bits per heavy atom. The highest BCUT2D eigenvalue weighted by Gasteiger charge is 2.35. The van der Waals surface area contributed by atoms with Crippen molar-refractivity contribution in [3.05, 3.63) is 0 Å². The third-order valence-corrected chi connectivity index (χ3v) is 7.63. The zero-order valence-electron chi connectivity index (χ0n) is 29.2. The summed E-state index contributed by atoms with van der Waals surface area (Å²) in [7, 11) is 2.98. The van der Waals surface area contributed by atoms with Gasteiger partial charge in [-0.2, -0.15) is 0 Å². The maximum Gasteiger partial charge on any atom is 0.408 e. The lowest BCUT2D eigenvalue weighted by Crippen LogP contribution is -2.60. The Morgan fingerprint density at radius 1 is 0.739 bits per heavy atom. The van der Waals surface area contributed by atoms with E-state index in [9.17, 15) is 33.6 Å². The summed E-state index contributed by atoms with van der Waals surface area (Å²) in [6.45, 7) is 13.6. The third-order valence-electron chi connectivity index (χ3n) is 7.63. The lowest BCUT2D eigenvalue weighted by Gasteiger charge is -2.29. The molecule has 262 valence electrons. The van der Waals surface area contributed by atoms with Crippen LogP contribution in [0.1, 0.15) is 93.9 Å². The predicted octanol–water partition coefficient (Wildman–Crippen LogP) is 1.41. The standard InChI is InChI=1S/C32H56N6O8/c1-18(2)24(36-29(43)25(19(3)4)37-31(45)46-32(6,7)8)28(42)35-22(16-23(39)38(9)10)27(41)34-20(5)26(40)30(44)33-17-21-14-12-11-13-15-21/h18-22,24-25H,11-17H2,1-10H3,(H,33,44)(H,34,41)(H,35,42)(H,36,43)(H,37,45)/t20?,22-,24-,25-/m0/s1. The number of ketones is 1. The van der Waals surface area contributed by atoms with Gasteiger partial charge < -0.3 is 36.2 Å². The number of nitrogens with one attached hydrogen (secondary N) is 5. The van der Waals surface area contributed by atoms with E-state index in [4.69, 9.17) is 4.74 Å². The van der Waals surface area contributed by atoms with Gasteiger partial charge >= 0.3 is 6.09 Å². The largest absolute Gasteiger partial charge is 0.444 e. The minimum atomic E-state index is -1.41. The van der Waals surface area contributed by atoms with Crippen molar-refractivity contribution >= 4 is 41.4 Å². The first-order valence-electron chi connectivity index (χ1n) is 16.2. The molecule has 0 bridgehead atoms. The maximum atomic E-state index is 13.5. The molecule has 0 radical (unpaired) electrons. The van der Waals surface area contributed by atoms with Gasteiger partial charge in [0.2, 0.25) is 29.4 Å². The Hall–Kier alpha value is -3.71. The Balaban J connectivity index is 3.01. The molecule has 1 saturated carbocycles. The van der Waals surface area contributed by atoms with E-state index in [1.165, 1.54) is 25.9 Å². The quantitative estimate of drug-likeness (QED) is 0.164. The SMILES string of the molecule is CC(NC(=O)[C@H](CC(=O)N(C)C)NC(=O)[C@@H](NC(=O)[C@@H](NC(=O)OC(C)(C)C)C(C)C)C(C)C)C(=O)C(=O)NCC1CCCCC1. The van der Waals surface area contributed by atoms with Gasteiger partial charge in [-0.3, -0.25) is 28.8 Å². The number of carbonyl (C=O) groups excluding carboxylic acids is 7. The van der Waals surface area contributed by atoms with Crippen LogP contribution in [0.2, 0.25) is 0 Å². The number of rotatable bonds is 15. The van der Waals surface area contributed by atoms with Gasteiger partial charge in [0.15, 0.2) is 0 Å². The van der Waals surface area contributed by atoms with Crippen molar-refractivity contribution in [1.29, 1.82) is 0 Å². The average molecular weight is 653 g/mol. The highest BCUT2D eigenvalue weighted by Crippen LogP contribution is 2.22. The van der Waals surface area contributed by atoms with Gasteiger partial charge in [-0.15, -0.1) is 0 Å². The molecule has 0 aromatic rings. The van der Waals surface area contributed by atoms with Crippen LogP contribution in [0.3, 0.4) is 0 Å². The number of hydrogen-bond acceptors (Lipinski definition) is 8. The van der Waals surface area contributed by atoms with Crippen LogP contribution in [-0.4, -0.2) is 96.7 Å². The topological polar surface area (TPSA) is 192 Å². The van der Waals surface area contributed by atoms with E-state index < -0.39 is 83.5 Å². The third kappa shape index (κ3) is 14.2. The van der Waals surface area contributed by atoms with Crippen LogP contribution >= 0.6 is 0 Å². The average Bonchev–Trinajstić information content (AvgIpc) is 2.95. The second kappa shape index (κ2) is 18.4. The fourth-order valence-electron chi connectivity index (χ4n) is 4.87. The molecule has 1 rings (SSSR count). The van der Waals surface area contributed by atoms with E-state index in [-0.39, 0.29) is 5.92 Å². The summed E-state index contributed by atoms with van der Waals surface area (Å²) in [4.78, 5) is 91.5. The molecule has 0 aromatic heterocycles. The fraction of sp³-hybridized carbons (Fsp3) is 0.781. The molecule has 0 saturated heterocycles. The Bertz CT molecular complexity index is 1090. The molecule has 6 amide bonds. The molecule has 14 heteroatoms. The summed E-state index contributed by atoms with van der Waals surface area (Å²) in [5.74, 6) is -4.88. The van der Waals surface area contributed by atoms with Crippen LogP contribution in [0.15, 0.2) is 0 Å². The summed E-state index contributed by atoms with van der Waals surface area (Å²) >= 11 is 0. The van der Waals surface area contributed by atoms with E-state index in [0.29, 0.717) is 12.5 Å². The first-order valence-corrected chi connectivity index (χ1v) is 16.2. The summed E-state index contributed by atoms with van der Waals surface area (Å²) in [5.41, 5.74) is -0.789. The molecule has 1 fully saturated rings. The van der Waals surface area contributed by atoms with Crippen LogP contribution in [0.4, 0.5) is 4.79 Å². The normalized spacial score (nSPS) is 16.3. The molecule has 0 spiro atoms. The molecule has 14 nitrogen and oxygen atoms in total. The van der Waals surface area contributed by atoms with Crippen LogP contribution < -0.4 is 26.6 Å². The molecular weight excluding hydrogens is 596 g/mol. The van der Waals surface area contributed by atoms with Crippen molar-refractivity contribution in [1.82, 2.24) is 31.5 Å². The molecule has 0 aliphatic heterocycles. The molecule has 46 heavy (non-hydrogen) atoms. The van der Waals surface area contributed by atoms with Crippen molar-refractivity contribution in [3.63, 3.8) is 0 Å². The molecule has 1 unspecified atom stereocenters. The van der Waals surface area contributed by atoms with Gasteiger partial charge in [-0.1, -0.05) is 47.0 Å². The molecule has 5 N–H and O–H groups in total. The lowest BCUT2D eigenvalue weighted by atomic mass is 9.89. The van der Waals surface area contributed by atoms with Gasteiger partial charge in [0.25, 0.3) is 5.91 Å². The lowest BCUT2D eigenvalue weighted by molar-refractivity contribution is -0.141. The predicted molar refractivity (Wildman–Crippen MR) is 172 cm³/mol. The summed E-state index contributed by atoms with van der Waals surface area (Å²) < 4.78 is 5.27. The first-order chi connectivity index (χ1) is 21.2. The number of nitrogens with zero attached hydrogens (tertiary/aromatic N) is 1. The van der Waals surface area contributed by atoms with Crippen molar-refractivity contribution in [2.24, 2.45) is 17.8 Å². The monoisotopic (exact) mass is 652 g/mol. The Morgan fingerprint density at radius 3 is 1.76 bits per heavy atom. The van der Waals surface area contributed by atoms with Crippen LogP contribution in [0, 0.1) is 17.8 Å². The zero-order chi connectivity index (χ0) is 35.4. The number of hydrogen-bond donors (Lipinski definition) is 5. The van der Waals surface area contributed by atoms with Gasteiger partial charge in [0.05, 0.1) is 12.5 Å². The van der Waals surface area contributed by atoms with Crippen molar-refractivity contribution in [2.75, 3.05) is 20.6 Å². The van der Waals surface area contributed by atoms with Gasteiger partial charge in [-0.05, 0) is 58.3 Å². The maximum absolute atomic E-state index is 13.5. The van der Waals surface area contributed by atoms with Gasteiger partial charge in [0.1, 0.15) is 23.7 Å². The molecule has 4 atom stereocenters. The highest BCUT2D eigenvalue weighted by atomic mass is 16.6. The van der Waals surface area contributed by atoms with E-state index in [1.54, 1.807) is 48.5 Å². The molecule has 0 aromatic carbocycles. The Labute approximate surface area is 273 Å². The molecular formula is C32H56N6O8. The highest BCUT2D eigenvalue weighted by molar-refractivity contribution is 6.38. The smallest absolute Gasteiger partial charge is 0.408 e. The summed E-state index contributed by atoms with van der Waals surface area (Å²) in [6, 6.07) is -4.82. The first kappa shape index (κ1) is 40.3. The van der Waals surface area contributed by atoms with Crippen LogP contribution in [0.5, 0.6) is 0 Å². The second-order valence-electron chi connectivity index (χ2n) is 14.0. The fourth-order valence-corrected chi connectivity index (χ4v) is 4.87. The number of carbonyl (C=O) groups is 7. The second-order valence-corrected chi connectivity index (χ2v) is 14.0. The van der Waals surface area contributed by atoms with E-state index in [0.717, 1.165) is 32.1 Å². The summed E-state index contributed by atoms with van der Waals surface area (Å²) in [6.07, 6.45) is 4.07. The van der Waals surface area contributed by atoms with Crippen molar-refractivity contribution < 1.29 is 38.3 Å². The summed E-state index contributed by atoms with van der Waals surface area (Å²) in [5, 5.41) is 12.8. The van der Waals surface area contributed by atoms with E-state index >= 15 is 0 Å². The zero-order valence-corrected chi connectivity index (χ0v) is 29.2. The van der Waals surface area contributed by atoms with E-state index in [2.05, 4.69) is 26.6 Å². The molecule has 1 aliphatic rings. The number of amides is 6. The molecule has 1 aliphatic carbocycles. The number of Topliss-reactive ketones (excluding diaryl/α,β-unsaturated/α-hetero) is 1. The molecule has 0 heterocycles. The van der Waals surface area contributed by atoms with Crippen molar-refractivity contribution in [3.8, 4) is 0 Å². The number of ether oxygens (including phenoxy) is 1. The van der Waals surface area contributed by atoms with Crippen LogP contribution in [0.25, 0.3) is 0 Å². The van der Waals surface area contributed by atoms with Crippen molar-refractivity contribution in [2.45, 2.75) is 124 Å². The minimum Gasteiger partial charge on any atom is -0.444 e. The number of alkyl carbamates (subject to hydrolysis) is 1. The van der Waals surface area contributed by atoms with E-state index in [1.807, 2.05) is 0 Å². The Kier molecular flexibility index (Phi) is 16.2.